The van der Waals surface area contributed by atoms with E-state index < -0.39 is 0 Å². The fourth-order valence-electron chi connectivity index (χ4n) is 2.15. The lowest BCUT2D eigenvalue weighted by molar-refractivity contribution is 0.276. The Hall–Kier alpha value is -1.55. The van der Waals surface area contributed by atoms with E-state index in [1.54, 1.807) is 0 Å². The molecule has 1 saturated carbocycles. The van der Waals surface area contributed by atoms with E-state index in [1.165, 1.54) is 12.8 Å². The zero-order valence-electron chi connectivity index (χ0n) is 9.06. The van der Waals surface area contributed by atoms with E-state index in [9.17, 15) is 0 Å². The molecule has 4 nitrogen and oxygen atoms in total. The van der Waals surface area contributed by atoms with Gasteiger partial charge in [-0.2, -0.15) is 0 Å². The summed E-state index contributed by atoms with van der Waals surface area (Å²) in [5.41, 5.74) is 8.50. The Labute approximate surface area is 93.7 Å². The maximum Gasteiger partial charge on any atom is 0.113 e. The number of fused-ring (bicyclic) bond motifs is 1. The normalized spacial score (nSPS) is 15.8. The van der Waals surface area contributed by atoms with Crippen molar-refractivity contribution in [2.75, 3.05) is 12.3 Å². The molecule has 84 valence electrons. The summed E-state index contributed by atoms with van der Waals surface area (Å²) in [7, 11) is 0. The van der Waals surface area contributed by atoms with Crippen molar-refractivity contribution in [2.24, 2.45) is 0 Å². The second-order valence-corrected chi connectivity index (χ2v) is 4.37. The van der Waals surface area contributed by atoms with Crippen molar-refractivity contribution < 1.29 is 5.11 Å². The van der Waals surface area contributed by atoms with E-state index >= 15 is 0 Å². The van der Waals surface area contributed by atoms with Crippen molar-refractivity contribution in [3.05, 3.63) is 24.0 Å². The van der Waals surface area contributed by atoms with Gasteiger partial charge in [-0.3, -0.25) is 0 Å². The number of hydrogen-bond donors (Lipinski definition) is 2. The van der Waals surface area contributed by atoms with E-state index in [1.807, 2.05) is 18.2 Å². The molecule has 1 aromatic carbocycles. The number of benzene rings is 1. The van der Waals surface area contributed by atoms with Crippen LogP contribution in [0.1, 0.15) is 24.6 Å². The molecule has 2 aromatic rings. The van der Waals surface area contributed by atoms with E-state index in [0.29, 0.717) is 12.5 Å². The number of nitrogens with two attached hydrogens (primary N) is 1. The average molecular weight is 217 g/mol. The highest BCUT2D eigenvalue weighted by molar-refractivity contribution is 5.79. The van der Waals surface area contributed by atoms with Crippen molar-refractivity contribution in [1.82, 2.24) is 9.55 Å². The molecule has 3 N–H and O–H groups in total. The fraction of sp³-hybridized carbons (Fsp3) is 0.417. The number of imidazole rings is 1. The van der Waals surface area contributed by atoms with Crippen molar-refractivity contribution in [3.8, 4) is 0 Å². The summed E-state index contributed by atoms with van der Waals surface area (Å²) in [6.45, 7) is 0.766. The minimum absolute atomic E-state index is 0.148. The lowest BCUT2D eigenvalue weighted by atomic mass is 10.3. The lowest BCUT2D eigenvalue weighted by Gasteiger charge is -2.05. The van der Waals surface area contributed by atoms with Crippen LogP contribution in [0.5, 0.6) is 0 Å². The van der Waals surface area contributed by atoms with Gasteiger partial charge in [0.1, 0.15) is 5.82 Å². The molecule has 1 fully saturated rings. The number of hydrogen-bond acceptors (Lipinski definition) is 3. The first kappa shape index (κ1) is 9.66. The molecule has 0 radical (unpaired) electrons. The number of nitrogen functional groups attached to an aromatic ring is 1. The Morgan fingerprint density at radius 1 is 1.44 bits per heavy atom. The minimum atomic E-state index is 0.148. The van der Waals surface area contributed by atoms with Crippen LogP contribution in [0.15, 0.2) is 18.2 Å². The van der Waals surface area contributed by atoms with Gasteiger partial charge in [-0.25, -0.2) is 4.98 Å². The van der Waals surface area contributed by atoms with Crippen LogP contribution in [0.4, 0.5) is 5.69 Å². The van der Waals surface area contributed by atoms with Crippen LogP contribution in [-0.4, -0.2) is 21.3 Å². The molecule has 1 heterocycles. The number of aliphatic hydroxyl groups excluding tert-OH is 1. The van der Waals surface area contributed by atoms with Crippen LogP contribution in [0.2, 0.25) is 0 Å². The molecule has 3 rings (SSSR count). The zero-order chi connectivity index (χ0) is 11.1. The molecule has 0 bridgehead atoms. The summed E-state index contributed by atoms with van der Waals surface area (Å²) >= 11 is 0. The maximum absolute atomic E-state index is 9.11. The predicted octanol–water partition coefficient (Wildman–Crippen LogP) is 1.49. The van der Waals surface area contributed by atoms with Crippen LogP contribution in [-0.2, 0) is 6.54 Å². The molecule has 0 unspecified atom stereocenters. The van der Waals surface area contributed by atoms with Crippen LogP contribution >= 0.6 is 0 Å². The van der Waals surface area contributed by atoms with E-state index in [4.69, 9.17) is 10.8 Å². The smallest absolute Gasteiger partial charge is 0.113 e. The number of aliphatic hydroxyl groups is 1. The minimum Gasteiger partial charge on any atom is -0.399 e. The highest BCUT2D eigenvalue weighted by atomic mass is 16.3. The number of nitrogens with zero attached hydrogens (tertiary/aromatic N) is 2. The van der Waals surface area contributed by atoms with E-state index in [2.05, 4.69) is 9.55 Å². The van der Waals surface area contributed by atoms with Crippen molar-refractivity contribution in [2.45, 2.75) is 25.3 Å². The standard InChI is InChI=1S/C12H15N3O/c13-9-3-4-11-10(7-9)14-12(8-1-2-8)15(11)5-6-16/h3-4,7-8,16H,1-2,5-6,13H2. The molecule has 0 saturated heterocycles. The third-order valence-corrected chi connectivity index (χ3v) is 3.07. The molecule has 16 heavy (non-hydrogen) atoms. The van der Waals surface area contributed by atoms with Crippen LogP contribution < -0.4 is 5.73 Å². The average Bonchev–Trinajstić information content (AvgIpc) is 3.04. The predicted molar refractivity (Wildman–Crippen MR) is 63.2 cm³/mol. The van der Waals surface area contributed by atoms with Crippen LogP contribution in [0.3, 0.4) is 0 Å². The SMILES string of the molecule is Nc1ccc2c(c1)nc(C1CC1)n2CCO. The first-order valence-electron chi connectivity index (χ1n) is 5.66. The molecule has 1 aliphatic carbocycles. The van der Waals surface area contributed by atoms with Gasteiger partial charge in [0, 0.05) is 18.2 Å². The lowest BCUT2D eigenvalue weighted by Crippen LogP contribution is -2.05. The largest absolute Gasteiger partial charge is 0.399 e. The van der Waals surface area contributed by atoms with Crippen LogP contribution in [0.25, 0.3) is 11.0 Å². The highest BCUT2D eigenvalue weighted by Gasteiger charge is 2.29. The van der Waals surface area contributed by atoms with Gasteiger partial charge in [-0.15, -0.1) is 0 Å². The van der Waals surface area contributed by atoms with Gasteiger partial charge in [-0.05, 0) is 31.0 Å². The van der Waals surface area contributed by atoms with Gasteiger partial charge in [-0.1, -0.05) is 0 Å². The molecule has 4 heteroatoms. The van der Waals surface area contributed by atoms with Gasteiger partial charge < -0.3 is 15.4 Å². The van der Waals surface area contributed by atoms with Gasteiger partial charge >= 0.3 is 0 Å². The Morgan fingerprint density at radius 3 is 2.94 bits per heavy atom. The fourth-order valence-corrected chi connectivity index (χ4v) is 2.15. The topological polar surface area (TPSA) is 64.1 Å². The van der Waals surface area contributed by atoms with Gasteiger partial charge in [0.05, 0.1) is 17.6 Å². The summed E-state index contributed by atoms with van der Waals surface area (Å²) in [5.74, 6) is 1.69. The summed E-state index contributed by atoms with van der Waals surface area (Å²) < 4.78 is 2.12. The van der Waals surface area contributed by atoms with Crippen LogP contribution in [0, 0.1) is 0 Å². The van der Waals surface area contributed by atoms with Crippen molar-refractivity contribution in [1.29, 1.82) is 0 Å². The molecule has 0 amide bonds. The van der Waals surface area contributed by atoms with Crippen molar-refractivity contribution >= 4 is 16.7 Å². The molecular weight excluding hydrogens is 202 g/mol. The number of aromatic nitrogens is 2. The second kappa shape index (κ2) is 3.49. The Balaban J connectivity index is 2.19. The summed E-state index contributed by atoms with van der Waals surface area (Å²) in [6, 6.07) is 5.77. The van der Waals surface area contributed by atoms with E-state index in [0.717, 1.165) is 22.5 Å². The van der Waals surface area contributed by atoms with Gasteiger partial charge in [0.25, 0.3) is 0 Å². The van der Waals surface area contributed by atoms with Crippen molar-refractivity contribution in [3.63, 3.8) is 0 Å². The number of anilines is 1. The van der Waals surface area contributed by atoms with E-state index in [-0.39, 0.29) is 6.61 Å². The number of rotatable bonds is 3. The first-order valence-corrected chi connectivity index (χ1v) is 5.66. The molecular formula is C12H15N3O. The third kappa shape index (κ3) is 1.46. The molecule has 1 aliphatic rings. The molecule has 1 aromatic heterocycles. The Bertz CT molecular complexity index is 528. The van der Waals surface area contributed by atoms with Gasteiger partial charge in [0.2, 0.25) is 0 Å². The third-order valence-electron chi connectivity index (χ3n) is 3.07. The highest BCUT2D eigenvalue weighted by Crippen LogP contribution is 2.40. The summed E-state index contributed by atoms with van der Waals surface area (Å²) in [4.78, 5) is 4.63. The second-order valence-electron chi connectivity index (χ2n) is 4.37. The quantitative estimate of drug-likeness (QED) is 0.765. The zero-order valence-corrected chi connectivity index (χ0v) is 9.06. The first-order chi connectivity index (χ1) is 7.79. The summed E-state index contributed by atoms with van der Waals surface area (Å²) in [5, 5.41) is 9.11. The molecule has 0 aliphatic heterocycles. The maximum atomic E-state index is 9.11. The molecule has 0 spiro atoms. The Kier molecular flexibility index (Phi) is 2.11. The Morgan fingerprint density at radius 2 is 2.25 bits per heavy atom. The summed E-state index contributed by atoms with van der Waals surface area (Å²) in [6.07, 6.45) is 2.43. The molecule has 0 atom stereocenters. The monoisotopic (exact) mass is 217 g/mol. The van der Waals surface area contributed by atoms with Gasteiger partial charge in [0.15, 0.2) is 0 Å².